The van der Waals surface area contributed by atoms with Crippen molar-refractivity contribution in [2.45, 2.75) is 19.5 Å². The molecule has 1 aliphatic rings. The van der Waals surface area contributed by atoms with Crippen molar-refractivity contribution < 1.29 is 4.74 Å². The van der Waals surface area contributed by atoms with Crippen molar-refractivity contribution in [2.24, 2.45) is 0 Å². The maximum atomic E-state index is 5.58. The third kappa shape index (κ3) is 2.80. The summed E-state index contributed by atoms with van der Waals surface area (Å²) in [6.45, 7) is 5.05. The van der Waals surface area contributed by atoms with Gasteiger partial charge in [-0.1, -0.05) is 0 Å². The van der Waals surface area contributed by atoms with Crippen LogP contribution < -0.4 is 0 Å². The molecule has 1 N–H and O–H groups in total. The fourth-order valence-electron chi connectivity index (χ4n) is 2.37. The molecule has 0 amide bonds. The molecule has 1 fully saturated rings. The van der Waals surface area contributed by atoms with Crippen LogP contribution in [-0.2, 0) is 11.3 Å². The number of morpholine rings is 1. The largest absolute Gasteiger partial charge is 0.378 e. The lowest BCUT2D eigenvalue weighted by molar-refractivity contribution is -0.0148. The Balaban J connectivity index is 1.77. The number of rotatable bonds is 3. The molecule has 19 heavy (non-hydrogen) atoms. The second-order valence-electron chi connectivity index (χ2n) is 4.67. The highest BCUT2D eigenvalue weighted by atomic mass is 16.5. The molecular weight excluding hydrogens is 242 g/mol. The molecule has 1 atom stereocenters. The van der Waals surface area contributed by atoms with E-state index < -0.39 is 0 Å². The number of H-pyrrole nitrogens is 1. The highest BCUT2D eigenvalue weighted by Gasteiger charge is 2.25. The van der Waals surface area contributed by atoms with Crippen molar-refractivity contribution >= 4 is 0 Å². The summed E-state index contributed by atoms with van der Waals surface area (Å²) in [5.41, 5.74) is 2.13. The van der Waals surface area contributed by atoms with E-state index in [1.165, 1.54) is 0 Å². The predicted molar refractivity (Wildman–Crippen MR) is 69.3 cm³/mol. The Morgan fingerprint density at radius 1 is 1.42 bits per heavy atom. The van der Waals surface area contributed by atoms with Crippen LogP contribution >= 0.6 is 0 Å². The molecule has 0 radical (unpaired) electrons. The fraction of sp³-hybridized carbons (Fsp3) is 0.462. The highest BCUT2D eigenvalue weighted by molar-refractivity contribution is 5.08. The number of aromatic amines is 1. The van der Waals surface area contributed by atoms with Crippen molar-refractivity contribution in [3.05, 3.63) is 41.7 Å². The van der Waals surface area contributed by atoms with Gasteiger partial charge >= 0.3 is 0 Å². The molecule has 2 aromatic heterocycles. The van der Waals surface area contributed by atoms with E-state index in [1.54, 1.807) is 6.20 Å². The minimum atomic E-state index is 0.214. The minimum Gasteiger partial charge on any atom is -0.378 e. The number of aromatic nitrogens is 4. The van der Waals surface area contributed by atoms with Gasteiger partial charge in [-0.05, 0) is 19.1 Å². The molecular formula is C13H17N5O. The van der Waals surface area contributed by atoms with E-state index >= 15 is 0 Å². The van der Waals surface area contributed by atoms with E-state index in [1.807, 2.05) is 25.3 Å². The quantitative estimate of drug-likeness (QED) is 0.893. The molecule has 0 aliphatic carbocycles. The van der Waals surface area contributed by atoms with E-state index in [4.69, 9.17) is 4.74 Å². The smallest absolute Gasteiger partial charge is 0.125 e. The van der Waals surface area contributed by atoms with Gasteiger partial charge in [0.25, 0.3) is 0 Å². The van der Waals surface area contributed by atoms with E-state index in [2.05, 4.69) is 25.1 Å². The molecule has 0 bridgehead atoms. The van der Waals surface area contributed by atoms with Crippen molar-refractivity contribution in [3.63, 3.8) is 0 Å². The number of hydrogen-bond acceptors (Lipinski definition) is 5. The summed E-state index contributed by atoms with van der Waals surface area (Å²) < 4.78 is 5.58. The summed E-state index contributed by atoms with van der Waals surface area (Å²) in [5, 5.41) is 7.05. The second kappa shape index (κ2) is 5.46. The maximum absolute atomic E-state index is 5.58. The predicted octanol–water partition coefficient (Wildman–Crippen LogP) is 1.08. The molecule has 3 rings (SSSR count). The number of nitrogens with one attached hydrogen (secondary N) is 1. The summed E-state index contributed by atoms with van der Waals surface area (Å²) in [5.74, 6) is 0.809. The van der Waals surface area contributed by atoms with Crippen LogP contribution in [0.2, 0.25) is 0 Å². The zero-order chi connectivity index (χ0) is 13.1. The zero-order valence-electron chi connectivity index (χ0n) is 10.9. The first-order chi connectivity index (χ1) is 9.33. The molecule has 0 spiro atoms. The first-order valence-corrected chi connectivity index (χ1v) is 6.42. The van der Waals surface area contributed by atoms with E-state index in [9.17, 15) is 0 Å². The van der Waals surface area contributed by atoms with Crippen molar-refractivity contribution in [3.8, 4) is 0 Å². The number of hydrogen-bond donors (Lipinski definition) is 1. The highest BCUT2D eigenvalue weighted by Crippen LogP contribution is 2.23. The molecule has 0 aromatic carbocycles. The van der Waals surface area contributed by atoms with E-state index in [0.29, 0.717) is 6.61 Å². The molecule has 6 nitrogen and oxygen atoms in total. The Hall–Kier alpha value is -1.79. The minimum absolute atomic E-state index is 0.214. The van der Waals surface area contributed by atoms with E-state index in [-0.39, 0.29) is 6.04 Å². The van der Waals surface area contributed by atoms with Crippen LogP contribution in [0, 0.1) is 6.92 Å². The Labute approximate surface area is 111 Å². The first-order valence-electron chi connectivity index (χ1n) is 6.42. The molecule has 6 heteroatoms. The third-order valence-electron chi connectivity index (χ3n) is 3.32. The van der Waals surface area contributed by atoms with Crippen LogP contribution in [0.15, 0.2) is 24.5 Å². The van der Waals surface area contributed by atoms with Crippen LogP contribution in [0.1, 0.15) is 23.3 Å². The average molecular weight is 259 g/mol. The van der Waals surface area contributed by atoms with Crippen LogP contribution in [-0.4, -0.2) is 44.8 Å². The van der Waals surface area contributed by atoms with Crippen LogP contribution in [0.5, 0.6) is 0 Å². The Morgan fingerprint density at radius 3 is 3.16 bits per heavy atom. The lowest BCUT2D eigenvalue weighted by Gasteiger charge is -2.34. The standard InChI is InChI=1S/C13H17N5O/c1-10-14-4-2-11(16-10)8-18-6-7-19-9-13(18)12-3-5-15-17-12/h2-5,13H,6-9H2,1H3,(H,15,17). The zero-order valence-corrected chi connectivity index (χ0v) is 10.9. The lowest BCUT2D eigenvalue weighted by Crippen LogP contribution is -2.39. The van der Waals surface area contributed by atoms with Gasteiger partial charge in [-0.15, -0.1) is 0 Å². The molecule has 1 unspecified atom stereocenters. The van der Waals surface area contributed by atoms with Gasteiger partial charge in [0, 0.05) is 25.5 Å². The van der Waals surface area contributed by atoms with Gasteiger partial charge in [-0.3, -0.25) is 10.00 Å². The second-order valence-corrected chi connectivity index (χ2v) is 4.67. The number of ether oxygens (including phenoxy) is 1. The topological polar surface area (TPSA) is 66.9 Å². The van der Waals surface area contributed by atoms with Crippen LogP contribution in [0.25, 0.3) is 0 Å². The third-order valence-corrected chi connectivity index (χ3v) is 3.32. The summed E-state index contributed by atoms with van der Waals surface area (Å²) in [6, 6.07) is 4.18. The van der Waals surface area contributed by atoms with Crippen molar-refractivity contribution in [1.29, 1.82) is 0 Å². The van der Waals surface area contributed by atoms with Crippen LogP contribution in [0.4, 0.5) is 0 Å². The van der Waals surface area contributed by atoms with Crippen molar-refractivity contribution in [1.82, 2.24) is 25.1 Å². The fourth-order valence-corrected chi connectivity index (χ4v) is 2.37. The number of aryl methyl sites for hydroxylation is 1. The summed E-state index contributed by atoms with van der Waals surface area (Å²) in [6.07, 6.45) is 3.58. The SMILES string of the molecule is Cc1nccc(CN2CCOCC2c2ccn[nH]2)n1. The molecule has 1 aliphatic heterocycles. The number of nitrogens with zero attached hydrogens (tertiary/aromatic N) is 4. The molecule has 0 saturated carbocycles. The van der Waals surface area contributed by atoms with Gasteiger partial charge in [0.05, 0.1) is 30.6 Å². The molecule has 100 valence electrons. The Kier molecular flexibility index (Phi) is 3.52. The lowest BCUT2D eigenvalue weighted by atomic mass is 10.1. The monoisotopic (exact) mass is 259 g/mol. The molecule has 2 aromatic rings. The van der Waals surface area contributed by atoms with Gasteiger partial charge in [0.2, 0.25) is 0 Å². The average Bonchev–Trinajstić information content (AvgIpc) is 2.93. The maximum Gasteiger partial charge on any atom is 0.125 e. The molecule has 1 saturated heterocycles. The van der Waals surface area contributed by atoms with Gasteiger partial charge < -0.3 is 4.74 Å². The Morgan fingerprint density at radius 2 is 2.37 bits per heavy atom. The summed E-state index contributed by atoms with van der Waals surface area (Å²) in [4.78, 5) is 11.0. The summed E-state index contributed by atoms with van der Waals surface area (Å²) in [7, 11) is 0. The Bertz CT molecular complexity index is 528. The van der Waals surface area contributed by atoms with Gasteiger partial charge in [0.15, 0.2) is 0 Å². The van der Waals surface area contributed by atoms with Gasteiger partial charge in [-0.25, -0.2) is 9.97 Å². The van der Waals surface area contributed by atoms with Crippen molar-refractivity contribution in [2.75, 3.05) is 19.8 Å². The van der Waals surface area contributed by atoms with Crippen LogP contribution in [0.3, 0.4) is 0 Å². The van der Waals surface area contributed by atoms with E-state index in [0.717, 1.165) is 36.9 Å². The normalized spacial score (nSPS) is 20.6. The summed E-state index contributed by atoms with van der Waals surface area (Å²) >= 11 is 0. The molecule has 3 heterocycles. The first kappa shape index (κ1) is 12.3. The van der Waals surface area contributed by atoms with Gasteiger partial charge in [0.1, 0.15) is 5.82 Å². The van der Waals surface area contributed by atoms with Gasteiger partial charge in [-0.2, -0.15) is 5.10 Å².